The number of nitrogens with zero attached hydrogens (tertiary/aromatic N) is 4. The Morgan fingerprint density at radius 1 is 1.27 bits per heavy atom. The van der Waals surface area contributed by atoms with Crippen molar-refractivity contribution >= 4 is 22.7 Å². The second-order valence-corrected chi connectivity index (χ2v) is 6.43. The number of benzene rings is 1. The normalized spacial score (nSPS) is 12.6. The molecule has 0 amide bonds. The van der Waals surface area contributed by atoms with Crippen LogP contribution in [0.2, 0.25) is 0 Å². The van der Waals surface area contributed by atoms with E-state index in [1.54, 1.807) is 16.8 Å². The molecule has 0 aliphatic rings. The Kier molecular flexibility index (Phi) is 5.13. The summed E-state index contributed by atoms with van der Waals surface area (Å²) in [6, 6.07) is 10.2. The first-order chi connectivity index (χ1) is 12.5. The lowest BCUT2D eigenvalue weighted by Crippen LogP contribution is -2.14. The predicted molar refractivity (Wildman–Crippen MR) is 102 cm³/mol. The van der Waals surface area contributed by atoms with Crippen molar-refractivity contribution in [3.8, 4) is 11.3 Å². The molecule has 0 atom stereocenters. The third-order valence-corrected chi connectivity index (χ3v) is 4.55. The van der Waals surface area contributed by atoms with Crippen LogP contribution in [-0.2, 0) is 0 Å². The lowest BCUT2D eigenvalue weighted by molar-refractivity contribution is -0.384. The summed E-state index contributed by atoms with van der Waals surface area (Å²) in [6.07, 6.45) is 0. The number of rotatable bonds is 5. The van der Waals surface area contributed by atoms with Gasteiger partial charge in [-0.25, -0.2) is 4.68 Å². The molecule has 0 saturated heterocycles. The van der Waals surface area contributed by atoms with Crippen molar-refractivity contribution in [1.29, 1.82) is 0 Å². The Labute approximate surface area is 154 Å². The highest BCUT2D eigenvalue weighted by Crippen LogP contribution is 2.23. The molecule has 3 rings (SSSR count). The van der Waals surface area contributed by atoms with Gasteiger partial charge in [0.15, 0.2) is 0 Å². The van der Waals surface area contributed by atoms with Crippen molar-refractivity contribution in [3.05, 3.63) is 68.2 Å². The van der Waals surface area contributed by atoms with Gasteiger partial charge in [-0.15, -0.1) is 11.3 Å². The van der Waals surface area contributed by atoms with E-state index in [1.807, 2.05) is 38.3 Å². The molecule has 0 spiro atoms. The molecule has 0 saturated carbocycles. The molecule has 1 aromatic carbocycles. The van der Waals surface area contributed by atoms with Crippen LogP contribution < -0.4 is 4.80 Å². The number of furan rings is 1. The van der Waals surface area contributed by atoms with Crippen LogP contribution >= 0.6 is 11.3 Å². The van der Waals surface area contributed by atoms with Crippen LogP contribution in [0.1, 0.15) is 25.4 Å². The first-order valence-electron chi connectivity index (χ1n) is 8.08. The van der Waals surface area contributed by atoms with Crippen molar-refractivity contribution in [3.63, 3.8) is 0 Å². The minimum Gasteiger partial charge on any atom is -0.460 e. The van der Waals surface area contributed by atoms with Crippen molar-refractivity contribution in [2.45, 2.75) is 20.8 Å². The van der Waals surface area contributed by atoms with Crippen LogP contribution in [0.25, 0.3) is 11.3 Å². The summed E-state index contributed by atoms with van der Waals surface area (Å²) in [5, 5.41) is 17.5. The number of nitro groups is 1. The van der Waals surface area contributed by atoms with E-state index in [-0.39, 0.29) is 5.69 Å². The molecule has 0 N–H and O–H groups in total. The number of non-ortho nitro benzene ring substituents is 1. The minimum absolute atomic E-state index is 0.0553. The first kappa shape index (κ1) is 17.8. The third-order valence-electron chi connectivity index (χ3n) is 3.70. The van der Waals surface area contributed by atoms with Crippen LogP contribution in [0.5, 0.6) is 0 Å². The maximum Gasteiger partial charge on any atom is 0.269 e. The van der Waals surface area contributed by atoms with E-state index in [1.165, 1.54) is 23.5 Å². The van der Waals surface area contributed by atoms with E-state index in [4.69, 9.17) is 4.42 Å². The van der Waals surface area contributed by atoms with Gasteiger partial charge >= 0.3 is 0 Å². The molecule has 0 unspecified atom stereocenters. The molecule has 8 heteroatoms. The maximum absolute atomic E-state index is 10.9. The Balaban J connectivity index is 2.10. The van der Waals surface area contributed by atoms with Crippen LogP contribution in [-0.4, -0.2) is 21.9 Å². The number of aromatic nitrogens is 1. The number of hydrogen-bond donors (Lipinski definition) is 0. The van der Waals surface area contributed by atoms with Gasteiger partial charge in [0, 0.05) is 29.6 Å². The van der Waals surface area contributed by atoms with Crippen LogP contribution in [0, 0.1) is 17.0 Å². The van der Waals surface area contributed by atoms with Crippen molar-refractivity contribution in [2.75, 3.05) is 6.54 Å². The van der Waals surface area contributed by atoms with Gasteiger partial charge in [-0.1, -0.05) is 0 Å². The quantitative estimate of drug-likeness (QED) is 0.383. The molecule has 0 fully saturated rings. The summed E-state index contributed by atoms with van der Waals surface area (Å²) in [4.78, 5) is 15.7. The fourth-order valence-corrected chi connectivity index (χ4v) is 3.32. The summed E-state index contributed by atoms with van der Waals surface area (Å²) in [6.45, 7) is 6.35. The fourth-order valence-electron chi connectivity index (χ4n) is 2.42. The van der Waals surface area contributed by atoms with Gasteiger partial charge in [-0.05, 0) is 45.0 Å². The Morgan fingerprint density at radius 2 is 2.00 bits per heavy atom. The Bertz CT molecular complexity index is 1030. The van der Waals surface area contributed by atoms with E-state index in [0.29, 0.717) is 12.3 Å². The maximum atomic E-state index is 10.9. The van der Waals surface area contributed by atoms with Crippen molar-refractivity contribution in [1.82, 2.24) is 4.68 Å². The molecule has 7 nitrogen and oxygen atoms in total. The largest absolute Gasteiger partial charge is 0.460 e. The number of hydrogen-bond acceptors (Lipinski definition) is 6. The van der Waals surface area contributed by atoms with E-state index in [2.05, 4.69) is 10.1 Å². The zero-order chi connectivity index (χ0) is 18.7. The molecule has 26 heavy (non-hydrogen) atoms. The van der Waals surface area contributed by atoms with Crippen LogP contribution in [0.4, 0.5) is 5.69 Å². The zero-order valence-electron chi connectivity index (χ0n) is 14.7. The van der Waals surface area contributed by atoms with Gasteiger partial charge < -0.3 is 4.42 Å². The van der Waals surface area contributed by atoms with Gasteiger partial charge in [0.1, 0.15) is 17.2 Å². The average molecular weight is 370 g/mol. The number of nitro benzene ring substituents is 1. The molecule has 2 aromatic heterocycles. The summed E-state index contributed by atoms with van der Waals surface area (Å²) >= 11 is 1.47. The van der Waals surface area contributed by atoms with Crippen molar-refractivity contribution in [2.24, 2.45) is 10.1 Å². The lowest BCUT2D eigenvalue weighted by atomic mass is 10.1. The van der Waals surface area contributed by atoms with Gasteiger partial charge in [-0.3, -0.25) is 15.1 Å². The third kappa shape index (κ3) is 3.65. The van der Waals surface area contributed by atoms with Gasteiger partial charge in [-0.2, -0.15) is 5.10 Å². The Hall–Kier alpha value is -3.00. The summed E-state index contributed by atoms with van der Waals surface area (Å²) < 4.78 is 7.39. The molecule has 0 aliphatic carbocycles. The summed E-state index contributed by atoms with van der Waals surface area (Å²) in [7, 11) is 0. The molecule has 2 heterocycles. The molecule has 0 bridgehead atoms. The molecule has 0 aliphatic heterocycles. The van der Waals surface area contributed by atoms with E-state index >= 15 is 0 Å². The second kappa shape index (κ2) is 7.49. The lowest BCUT2D eigenvalue weighted by Gasteiger charge is -2.05. The molecular formula is C18H18N4O3S. The second-order valence-electron chi connectivity index (χ2n) is 5.59. The van der Waals surface area contributed by atoms with Gasteiger partial charge in [0.2, 0.25) is 4.80 Å². The smallest absolute Gasteiger partial charge is 0.269 e. The highest BCUT2D eigenvalue weighted by atomic mass is 32.1. The highest BCUT2D eigenvalue weighted by Gasteiger charge is 2.12. The fraction of sp³-hybridized carbons (Fsp3) is 0.222. The van der Waals surface area contributed by atoms with Gasteiger partial charge in [0.25, 0.3) is 5.69 Å². The number of thiazole rings is 1. The van der Waals surface area contributed by atoms with E-state index in [0.717, 1.165) is 27.5 Å². The number of aryl methyl sites for hydroxylation is 1. The molecule has 134 valence electrons. The predicted octanol–water partition coefficient (Wildman–Crippen LogP) is 4.22. The molecule has 3 aromatic rings. The van der Waals surface area contributed by atoms with E-state index < -0.39 is 4.92 Å². The SMILES string of the molecule is CCN=c1scc(-c2ccc([N+](=O)[O-])cc2)n1N=C(C)c1ccc(C)o1. The topological polar surface area (TPSA) is 85.9 Å². The van der Waals surface area contributed by atoms with Crippen molar-refractivity contribution < 1.29 is 9.34 Å². The van der Waals surface area contributed by atoms with Crippen LogP contribution in [0.3, 0.4) is 0 Å². The zero-order valence-corrected chi connectivity index (χ0v) is 15.5. The molecular weight excluding hydrogens is 352 g/mol. The average Bonchev–Trinajstić information content (AvgIpc) is 3.22. The highest BCUT2D eigenvalue weighted by molar-refractivity contribution is 7.07. The monoisotopic (exact) mass is 370 g/mol. The van der Waals surface area contributed by atoms with Gasteiger partial charge in [0.05, 0.1) is 10.6 Å². The molecule has 0 radical (unpaired) electrons. The summed E-state index contributed by atoms with van der Waals surface area (Å²) in [5.74, 6) is 1.51. The minimum atomic E-state index is -0.412. The standard InChI is InChI=1S/C18H18N4O3S/c1-4-19-18-21(20-13(3)17-10-5-12(2)25-17)16(11-26-18)14-6-8-15(9-7-14)22(23)24/h5-11H,4H2,1-3H3. The first-order valence-corrected chi connectivity index (χ1v) is 8.95. The van der Waals surface area contributed by atoms with E-state index in [9.17, 15) is 10.1 Å². The Morgan fingerprint density at radius 3 is 2.58 bits per heavy atom. The summed E-state index contributed by atoms with van der Waals surface area (Å²) in [5.41, 5.74) is 2.42. The van der Waals surface area contributed by atoms with Crippen LogP contribution in [0.15, 0.2) is 56.3 Å².